The van der Waals surface area contributed by atoms with E-state index in [1.165, 1.54) is 30.7 Å². The van der Waals surface area contributed by atoms with Crippen molar-refractivity contribution in [2.24, 2.45) is 23.3 Å². The summed E-state index contributed by atoms with van der Waals surface area (Å²) in [7, 11) is 0. The van der Waals surface area contributed by atoms with Crippen molar-refractivity contribution in [3.8, 4) is 5.75 Å². The van der Waals surface area contributed by atoms with Gasteiger partial charge in [0.05, 0.1) is 30.5 Å². The summed E-state index contributed by atoms with van der Waals surface area (Å²) < 4.78 is 0. The van der Waals surface area contributed by atoms with Crippen molar-refractivity contribution in [1.29, 1.82) is 0 Å². The van der Waals surface area contributed by atoms with E-state index >= 15 is 0 Å². The number of carbonyl (C=O) groups excluding carboxylic acids is 7. The second kappa shape index (κ2) is 31.5. The molecule has 0 aliphatic carbocycles. The molecule has 7 amide bonds. The lowest BCUT2D eigenvalue weighted by Crippen LogP contribution is -2.65. The zero-order valence-corrected chi connectivity index (χ0v) is 45.0. The molecule has 25 nitrogen and oxygen atoms in total. The van der Waals surface area contributed by atoms with Gasteiger partial charge < -0.3 is 88.7 Å². The molecule has 3 unspecified atom stereocenters. The van der Waals surface area contributed by atoms with Gasteiger partial charge in [0.25, 0.3) is 0 Å². The highest BCUT2D eigenvalue weighted by Crippen LogP contribution is 2.27. The molecule has 0 saturated carbocycles. The van der Waals surface area contributed by atoms with E-state index in [0.29, 0.717) is 24.7 Å². The quantitative estimate of drug-likeness (QED) is 0.0477. The Balaban J connectivity index is 1.73. The monoisotopic (exact) mass is 1090 g/mol. The molecule has 3 saturated heterocycles. The topological polar surface area (TPSA) is 412 Å². The normalized spacial score (nSPS) is 28.6. The zero-order chi connectivity index (χ0) is 57.1. The molecule has 1 aromatic rings. The van der Waals surface area contributed by atoms with Gasteiger partial charge in [0.15, 0.2) is 0 Å². The maximum Gasteiger partial charge on any atom is 0.248 e. The minimum atomic E-state index is -2.28. The number of aliphatic hydroxyl groups excluding tert-OH is 7. The largest absolute Gasteiger partial charge is 0.508 e. The van der Waals surface area contributed by atoms with Crippen molar-refractivity contribution in [3.05, 3.63) is 29.8 Å². The Labute approximate surface area is 450 Å². The summed E-state index contributed by atoms with van der Waals surface area (Å²) in [5.41, 5.74) is 11.5. The number of aliphatic hydroxyl groups is 7. The van der Waals surface area contributed by atoms with Crippen LogP contribution in [0.4, 0.5) is 0 Å². The van der Waals surface area contributed by atoms with Crippen LogP contribution >= 0.6 is 0 Å². The number of phenolic OH excluding ortho intramolecular Hbond substituents is 1. The third-order valence-corrected chi connectivity index (χ3v) is 14.9. The van der Waals surface area contributed by atoms with Crippen LogP contribution in [0.15, 0.2) is 24.3 Å². The van der Waals surface area contributed by atoms with E-state index in [0.717, 1.165) is 55.2 Å². The van der Waals surface area contributed by atoms with Crippen LogP contribution in [0.3, 0.4) is 0 Å². The molecule has 3 fully saturated rings. The van der Waals surface area contributed by atoms with Gasteiger partial charge >= 0.3 is 0 Å². The van der Waals surface area contributed by atoms with Crippen LogP contribution in [0.2, 0.25) is 0 Å². The molecule has 0 aromatic heterocycles. The number of aromatic hydroxyl groups is 1. The fourth-order valence-electron chi connectivity index (χ4n) is 10.2. The fraction of sp³-hybridized carbons (Fsp3) is 0.750. The SMILES string of the molecule is CCC(C)CC(C)CCCCCCCCC(=O)N[C@H]1C[C@@H](O)[C@@H](NCCN)NC(=O)[C@@H]2[C@@H](O)CCN2C(=O)[C@H]([C@H](O)CCN)NC(=O)[C@H]([C@H](O)[C@@H](O)c2ccc(O)cc2)NC(=O)[C@@H]2C[C@@H](O)CN2C(=O)C([C@@H](C)O)NC1=O. The Bertz CT molecular complexity index is 2070. The highest BCUT2D eigenvalue weighted by Gasteiger charge is 2.49. The van der Waals surface area contributed by atoms with E-state index in [-0.39, 0.29) is 56.8 Å². The summed E-state index contributed by atoms with van der Waals surface area (Å²) in [6, 6.07) is -6.40. The van der Waals surface area contributed by atoms with Crippen molar-refractivity contribution >= 4 is 41.4 Å². The van der Waals surface area contributed by atoms with Crippen LogP contribution < -0.4 is 43.4 Å². The average Bonchev–Trinajstić information content (AvgIpc) is 3.99. The molecule has 18 N–H and O–H groups in total. The minimum Gasteiger partial charge on any atom is -0.508 e. The van der Waals surface area contributed by atoms with Crippen molar-refractivity contribution in [2.45, 2.75) is 203 Å². The molecule has 1 aromatic carbocycles. The first kappa shape index (κ1) is 64.4. The maximum atomic E-state index is 14.6. The van der Waals surface area contributed by atoms with Gasteiger partial charge in [0.1, 0.15) is 60.4 Å². The molecular formula is C52H88N10O15. The highest BCUT2D eigenvalue weighted by atomic mass is 16.3. The maximum absolute atomic E-state index is 14.6. The number of carbonyl (C=O) groups is 7. The van der Waals surface area contributed by atoms with Crippen molar-refractivity contribution in [2.75, 3.05) is 32.7 Å². The summed E-state index contributed by atoms with van der Waals surface area (Å²) in [4.78, 5) is 102. The number of hydrogen-bond donors (Lipinski definition) is 16. The Morgan fingerprint density at radius 1 is 0.714 bits per heavy atom. The lowest BCUT2D eigenvalue weighted by atomic mass is 9.91. The van der Waals surface area contributed by atoms with Gasteiger partial charge in [0.2, 0.25) is 41.4 Å². The van der Waals surface area contributed by atoms with Gasteiger partial charge in [-0.3, -0.25) is 38.9 Å². The third-order valence-electron chi connectivity index (χ3n) is 14.9. The predicted molar refractivity (Wildman–Crippen MR) is 280 cm³/mol. The summed E-state index contributed by atoms with van der Waals surface area (Å²) >= 11 is 0. The standard InChI is InChI=1S/C52H88N10O15/c1-5-28(2)24-29(3)12-10-8-6-7-9-11-13-39(69)56-34-26-38(68)46(55-22-21-54)60-50(75)43-37(67)19-23-61(43)52(77)41(36(66)18-20-53)58-49(74)42(45(71)44(70)31-14-16-32(64)17-15-31)59-48(73)35-25-33(65)27-62(35)51(76)40(30(4)63)57-47(34)72/h14-17,28-30,33-38,40-46,55,63-68,70-71H,5-13,18-27,53-54H2,1-4H3,(H,56,69)(H,57,72)(H,58,74)(H,59,73)(H,60,75)/t28?,29?,30-,33-,34+,35+,36-,37+,38-,40?,41+,42+,43+,44+,45+,46+/m1/s1. The Hall–Kier alpha value is -5.09. The first-order valence-corrected chi connectivity index (χ1v) is 27.3. The summed E-state index contributed by atoms with van der Waals surface area (Å²) in [6.45, 7) is 6.73. The Morgan fingerprint density at radius 2 is 1.34 bits per heavy atom. The minimum absolute atomic E-state index is 0.0257. The third kappa shape index (κ3) is 18.8. The van der Waals surface area contributed by atoms with Gasteiger partial charge in [0, 0.05) is 45.4 Å². The van der Waals surface area contributed by atoms with E-state index in [2.05, 4.69) is 52.7 Å². The lowest BCUT2D eigenvalue weighted by Gasteiger charge is -2.35. The van der Waals surface area contributed by atoms with Crippen LogP contribution in [0.5, 0.6) is 5.75 Å². The zero-order valence-electron chi connectivity index (χ0n) is 45.0. The van der Waals surface area contributed by atoms with Gasteiger partial charge in [-0.15, -0.1) is 0 Å². The number of nitrogens with one attached hydrogen (secondary N) is 6. The molecule has 4 rings (SSSR count). The van der Waals surface area contributed by atoms with E-state index in [1.807, 2.05) is 0 Å². The lowest BCUT2D eigenvalue weighted by molar-refractivity contribution is -0.148. The van der Waals surface area contributed by atoms with Crippen LogP contribution in [-0.2, 0) is 33.6 Å². The average molecular weight is 1090 g/mol. The summed E-state index contributed by atoms with van der Waals surface area (Å²) in [6.07, 6.45) is -6.95. The van der Waals surface area contributed by atoms with Gasteiger partial charge in [-0.25, -0.2) is 0 Å². The molecule has 0 radical (unpaired) electrons. The number of phenols is 1. The van der Waals surface area contributed by atoms with Crippen LogP contribution in [0.25, 0.3) is 0 Å². The molecule has 77 heavy (non-hydrogen) atoms. The molecule has 0 bridgehead atoms. The number of rotatable bonds is 23. The molecule has 3 aliphatic heterocycles. The number of fused-ring (bicyclic) bond motifs is 2. The number of unbranched alkanes of at least 4 members (excludes halogenated alkanes) is 5. The molecule has 0 spiro atoms. The molecule has 3 heterocycles. The van der Waals surface area contributed by atoms with Gasteiger partial charge in [-0.2, -0.15) is 0 Å². The highest BCUT2D eigenvalue weighted by molar-refractivity contribution is 5.98. The number of benzene rings is 1. The number of nitrogens with two attached hydrogens (primary N) is 2. The second-order valence-corrected chi connectivity index (χ2v) is 21.3. The summed E-state index contributed by atoms with van der Waals surface area (Å²) in [5.74, 6) is -6.43. The van der Waals surface area contributed by atoms with E-state index < -0.39 is 146 Å². The second-order valence-electron chi connectivity index (χ2n) is 21.3. The number of amides is 7. The van der Waals surface area contributed by atoms with Crippen molar-refractivity contribution in [1.82, 2.24) is 41.7 Å². The Morgan fingerprint density at radius 3 is 1.97 bits per heavy atom. The summed E-state index contributed by atoms with van der Waals surface area (Å²) in [5, 5.41) is 104. The number of hydrogen-bond acceptors (Lipinski definition) is 18. The fourth-order valence-corrected chi connectivity index (χ4v) is 10.2. The molecule has 16 atom stereocenters. The van der Waals surface area contributed by atoms with Crippen LogP contribution in [0.1, 0.15) is 129 Å². The molecule has 25 heteroatoms. The molecule has 3 aliphatic rings. The van der Waals surface area contributed by atoms with E-state index in [4.69, 9.17) is 11.5 Å². The smallest absolute Gasteiger partial charge is 0.248 e. The molecule has 436 valence electrons. The van der Waals surface area contributed by atoms with Crippen LogP contribution in [0, 0.1) is 11.8 Å². The first-order valence-electron chi connectivity index (χ1n) is 27.3. The van der Waals surface area contributed by atoms with Crippen LogP contribution in [-0.4, -0.2) is 204 Å². The van der Waals surface area contributed by atoms with E-state index in [1.54, 1.807) is 0 Å². The van der Waals surface area contributed by atoms with E-state index in [9.17, 15) is 74.4 Å². The molecular weight excluding hydrogens is 1000 g/mol. The van der Waals surface area contributed by atoms with Crippen molar-refractivity contribution < 1.29 is 74.4 Å². The number of nitrogens with zero attached hydrogens (tertiary/aromatic N) is 2. The van der Waals surface area contributed by atoms with Gasteiger partial charge in [-0.1, -0.05) is 77.8 Å². The van der Waals surface area contributed by atoms with Gasteiger partial charge in [-0.05, 0) is 68.7 Å². The first-order chi connectivity index (χ1) is 36.5. The predicted octanol–water partition coefficient (Wildman–Crippen LogP) is -3.31. The Kier molecular flexibility index (Phi) is 26.4. The van der Waals surface area contributed by atoms with Crippen molar-refractivity contribution in [3.63, 3.8) is 0 Å².